The van der Waals surface area contributed by atoms with Crippen molar-refractivity contribution < 1.29 is 18.7 Å². The van der Waals surface area contributed by atoms with Crippen molar-refractivity contribution in [3.8, 4) is 5.69 Å². The van der Waals surface area contributed by atoms with Crippen LogP contribution in [0.5, 0.6) is 0 Å². The molecule has 1 unspecified atom stereocenters. The van der Waals surface area contributed by atoms with E-state index in [1.54, 1.807) is 27.9 Å². The third-order valence-corrected chi connectivity index (χ3v) is 7.89. The fourth-order valence-corrected chi connectivity index (χ4v) is 5.87. The van der Waals surface area contributed by atoms with E-state index >= 15 is 0 Å². The summed E-state index contributed by atoms with van der Waals surface area (Å²) in [6.07, 6.45) is 2.67. The van der Waals surface area contributed by atoms with Crippen LogP contribution in [0.4, 0.5) is 14.9 Å². The number of nitrogens with zero attached hydrogens (tertiary/aromatic N) is 5. The number of hydrogen-bond acceptors (Lipinski definition) is 5. The summed E-state index contributed by atoms with van der Waals surface area (Å²) in [4.78, 5) is 32.7. The molecule has 0 saturated carbocycles. The van der Waals surface area contributed by atoms with Crippen molar-refractivity contribution in [2.75, 3.05) is 37.6 Å². The number of hydrogen-bond donors (Lipinski definition) is 0. The van der Waals surface area contributed by atoms with Crippen LogP contribution < -0.4 is 4.90 Å². The zero-order valence-electron chi connectivity index (χ0n) is 24.6. The van der Waals surface area contributed by atoms with Gasteiger partial charge in [0.2, 0.25) is 0 Å². The molecule has 1 atom stereocenters. The molecule has 2 fully saturated rings. The molecule has 218 valence electrons. The number of ether oxygens (including phenoxy) is 1. The second-order valence-corrected chi connectivity index (χ2v) is 12.2. The Labute approximate surface area is 241 Å². The van der Waals surface area contributed by atoms with E-state index in [0.717, 1.165) is 12.2 Å². The highest BCUT2D eigenvalue weighted by atomic mass is 19.1. The van der Waals surface area contributed by atoms with E-state index < -0.39 is 5.60 Å². The van der Waals surface area contributed by atoms with Crippen molar-refractivity contribution in [1.82, 2.24) is 19.6 Å². The van der Waals surface area contributed by atoms with Crippen molar-refractivity contribution in [2.24, 2.45) is 0 Å². The van der Waals surface area contributed by atoms with Crippen LogP contribution in [-0.4, -0.2) is 75.9 Å². The quantitative estimate of drug-likeness (QED) is 0.404. The van der Waals surface area contributed by atoms with E-state index in [0.29, 0.717) is 50.3 Å². The highest BCUT2D eigenvalue weighted by molar-refractivity contribution is 5.95. The minimum Gasteiger partial charge on any atom is -0.444 e. The normalized spacial score (nSPS) is 18.5. The third-order valence-electron chi connectivity index (χ3n) is 7.89. The Hall–Kier alpha value is -3.88. The molecule has 0 radical (unpaired) electrons. The van der Waals surface area contributed by atoms with Gasteiger partial charge < -0.3 is 19.4 Å². The zero-order valence-corrected chi connectivity index (χ0v) is 24.6. The lowest BCUT2D eigenvalue weighted by molar-refractivity contribution is 0.0203. The number of rotatable bonds is 4. The Kier molecular flexibility index (Phi) is 8.07. The molecule has 9 heteroatoms. The van der Waals surface area contributed by atoms with E-state index in [1.165, 1.54) is 23.4 Å². The van der Waals surface area contributed by atoms with Gasteiger partial charge in [-0.15, -0.1) is 0 Å². The van der Waals surface area contributed by atoms with Crippen molar-refractivity contribution in [2.45, 2.75) is 65.0 Å². The molecule has 41 heavy (non-hydrogen) atoms. The lowest BCUT2D eigenvalue weighted by atomic mass is 9.90. The second-order valence-electron chi connectivity index (χ2n) is 12.2. The van der Waals surface area contributed by atoms with Gasteiger partial charge in [0.1, 0.15) is 11.4 Å². The van der Waals surface area contributed by atoms with Crippen LogP contribution >= 0.6 is 0 Å². The lowest BCUT2D eigenvalue weighted by Gasteiger charge is -2.41. The monoisotopic (exact) mass is 561 g/mol. The molecule has 3 heterocycles. The average Bonchev–Trinajstić information content (AvgIpc) is 3.37. The Morgan fingerprint density at radius 1 is 0.951 bits per heavy atom. The highest BCUT2D eigenvalue weighted by Crippen LogP contribution is 2.34. The molecule has 0 N–H and O–H groups in total. The molecule has 0 bridgehead atoms. The van der Waals surface area contributed by atoms with Gasteiger partial charge in [-0.25, -0.2) is 13.9 Å². The molecule has 1 aromatic heterocycles. The molecule has 2 aromatic carbocycles. The van der Waals surface area contributed by atoms with Gasteiger partial charge in [0.25, 0.3) is 5.91 Å². The first-order valence-corrected chi connectivity index (χ1v) is 14.4. The van der Waals surface area contributed by atoms with Crippen molar-refractivity contribution in [1.29, 1.82) is 0 Å². The number of aromatic nitrogens is 2. The minimum absolute atomic E-state index is 0.00574. The summed E-state index contributed by atoms with van der Waals surface area (Å²) in [5.41, 5.74) is 3.91. The van der Waals surface area contributed by atoms with Gasteiger partial charge in [-0.05, 0) is 89.4 Å². The number of carbonyl (C=O) groups excluding carboxylic acids is 2. The Morgan fingerprint density at radius 2 is 1.66 bits per heavy atom. The molecule has 3 aromatic rings. The third kappa shape index (κ3) is 6.39. The molecule has 0 aliphatic carbocycles. The van der Waals surface area contributed by atoms with Crippen LogP contribution in [0.3, 0.4) is 0 Å². The molecular weight excluding hydrogens is 521 g/mol. The standard InChI is InChI=1S/C32H40FN5O3/c1-22-7-6-8-27(19-22)37-18-17-36(21-23(37)2)30(39)28-20-34-38(26-11-9-25(33)10-12-26)29(28)24-13-15-35(16-14-24)31(40)41-32(3,4)5/h6-12,19-20,23-24H,13-18,21H2,1-5H3. The van der Waals surface area contributed by atoms with E-state index in [1.807, 2.05) is 25.7 Å². The summed E-state index contributed by atoms with van der Waals surface area (Å²) < 4.78 is 21.1. The van der Waals surface area contributed by atoms with E-state index in [9.17, 15) is 14.0 Å². The first kappa shape index (κ1) is 28.6. The molecule has 2 aliphatic heterocycles. The first-order valence-electron chi connectivity index (χ1n) is 14.4. The Bertz CT molecular complexity index is 1390. The molecule has 2 aliphatic rings. The number of halogens is 1. The number of benzene rings is 2. The van der Waals surface area contributed by atoms with Gasteiger partial charge in [0, 0.05) is 50.4 Å². The number of aryl methyl sites for hydroxylation is 1. The van der Waals surface area contributed by atoms with E-state index in [4.69, 9.17) is 4.74 Å². The van der Waals surface area contributed by atoms with Crippen LogP contribution in [0.2, 0.25) is 0 Å². The summed E-state index contributed by atoms with van der Waals surface area (Å²) in [6.45, 7) is 12.8. The van der Waals surface area contributed by atoms with E-state index in [2.05, 4.69) is 48.1 Å². The highest BCUT2D eigenvalue weighted by Gasteiger charge is 2.35. The predicted octanol–water partition coefficient (Wildman–Crippen LogP) is 5.79. The van der Waals surface area contributed by atoms with Crippen LogP contribution in [-0.2, 0) is 4.74 Å². The largest absolute Gasteiger partial charge is 0.444 e. The van der Waals surface area contributed by atoms with Crippen LogP contribution in [0.15, 0.2) is 54.7 Å². The number of piperazine rings is 1. The summed E-state index contributed by atoms with van der Waals surface area (Å²) in [5, 5.41) is 4.63. The summed E-state index contributed by atoms with van der Waals surface area (Å²) >= 11 is 0. The van der Waals surface area contributed by atoms with Gasteiger partial charge >= 0.3 is 6.09 Å². The zero-order chi connectivity index (χ0) is 29.3. The molecule has 8 nitrogen and oxygen atoms in total. The second kappa shape index (κ2) is 11.5. The molecule has 5 rings (SSSR count). The molecule has 2 amide bonds. The van der Waals surface area contributed by atoms with Crippen molar-refractivity contribution >= 4 is 17.7 Å². The van der Waals surface area contributed by atoms with Gasteiger partial charge in [0.05, 0.1) is 23.1 Å². The SMILES string of the molecule is Cc1cccc(N2CCN(C(=O)c3cnn(-c4ccc(F)cc4)c3C3CCN(C(=O)OC(C)(C)C)CC3)CC2C)c1. The number of likely N-dealkylation sites (tertiary alicyclic amines) is 1. The van der Waals surface area contributed by atoms with Crippen LogP contribution in [0.1, 0.15) is 68.1 Å². The maximum Gasteiger partial charge on any atom is 0.410 e. The number of amides is 2. The Balaban J connectivity index is 1.38. The fraction of sp³-hybridized carbons (Fsp3) is 0.469. The molecular formula is C32H40FN5O3. The lowest BCUT2D eigenvalue weighted by Crippen LogP contribution is -2.54. The van der Waals surface area contributed by atoms with Crippen molar-refractivity contribution in [3.63, 3.8) is 0 Å². The van der Waals surface area contributed by atoms with Gasteiger partial charge in [-0.1, -0.05) is 12.1 Å². The summed E-state index contributed by atoms with van der Waals surface area (Å²) in [7, 11) is 0. The Morgan fingerprint density at radius 3 is 2.29 bits per heavy atom. The summed E-state index contributed by atoms with van der Waals surface area (Å²) in [5.74, 6) is -0.366. The maximum atomic E-state index is 14.0. The molecule has 2 saturated heterocycles. The smallest absolute Gasteiger partial charge is 0.410 e. The average molecular weight is 562 g/mol. The number of piperidine rings is 1. The first-order chi connectivity index (χ1) is 19.5. The topological polar surface area (TPSA) is 70.9 Å². The maximum absolute atomic E-state index is 14.0. The van der Waals surface area contributed by atoms with Gasteiger partial charge in [-0.2, -0.15) is 5.10 Å². The van der Waals surface area contributed by atoms with E-state index in [-0.39, 0.29) is 29.8 Å². The van der Waals surface area contributed by atoms with Crippen LogP contribution in [0, 0.1) is 12.7 Å². The minimum atomic E-state index is -0.560. The van der Waals surface area contributed by atoms with Gasteiger partial charge in [-0.3, -0.25) is 4.79 Å². The fourth-order valence-electron chi connectivity index (χ4n) is 5.87. The predicted molar refractivity (Wildman–Crippen MR) is 157 cm³/mol. The summed E-state index contributed by atoms with van der Waals surface area (Å²) in [6, 6.07) is 14.8. The number of carbonyl (C=O) groups is 2. The van der Waals surface area contributed by atoms with Gasteiger partial charge in [0.15, 0.2) is 0 Å². The molecule has 0 spiro atoms. The number of anilines is 1. The van der Waals surface area contributed by atoms with Crippen molar-refractivity contribution in [3.05, 3.63) is 77.4 Å². The van der Waals surface area contributed by atoms with Crippen LogP contribution in [0.25, 0.3) is 5.69 Å².